The lowest BCUT2D eigenvalue weighted by Gasteiger charge is -2.08. The van der Waals surface area contributed by atoms with Crippen molar-refractivity contribution >= 4 is 22.8 Å². The number of ether oxygens (including phenoxy) is 2. The minimum absolute atomic E-state index is 0.00791. The van der Waals surface area contributed by atoms with E-state index < -0.39 is 11.9 Å². The van der Waals surface area contributed by atoms with E-state index >= 15 is 0 Å². The number of nitrogens with one attached hydrogen (secondary N) is 1. The third kappa shape index (κ3) is 4.28. The molecule has 148 valence electrons. The number of aromatic nitrogens is 1. The highest BCUT2D eigenvalue weighted by Gasteiger charge is 2.14. The molecule has 1 heterocycles. The molecule has 0 spiro atoms. The summed E-state index contributed by atoms with van der Waals surface area (Å²) >= 11 is 0. The van der Waals surface area contributed by atoms with Crippen molar-refractivity contribution in [1.29, 1.82) is 0 Å². The third-order valence-electron chi connectivity index (χ3n) is 4.48. The summed E-state index contributed by atoms with van der Waals surface area (Å²) in [5.74, 6) is -0.602. The second kappa shape index (κ2) is 8.45. The summed E-state index contributed by atoms with van der Waals surface area (Å²) in [5.41, 5.74) is 1.49. The summed E-state index contributed by atoms with van der Waals surface area (Å²) in [6.07, 6.45) is 0. The zero-order chi connectivity index (χ0) is 20.9. The van der Waals surface area contributed by atoms with Gasteiger partial charge in [-0.15, -0.1) is 0 Å². The predicted molar refractivity (Wildman–Crippen MR) is 112 cm³/mol. The van der Waals surface area contributed by atoms with E-state index in [0.29, 0.717) is 27.8 Å². The number of esters is 2. The van der Waals surface area contributed by atoms with E-state index in [1.165, 1.54) is 6.07 Å². The quantitative estimate of drug-likeness (QED) is 0.403. The molecule has 0 unspecified atom stereocenters. The Labute approximate surface area is 171 Å². The van der Waals surface area contributed by atoms with Gasteiger partial charge in [-0.2, -0.15) is 0 Å². The molecular weight excluding hydrogens is 382 g/mol. The molecule has 0 aliphatic carbocycles. The van der Waals surface area contributed by atoms with Crippen LogP contribution in [-0.4, -0.2) is 16.9 Å². The van der Waals surface area contributed by atoms with Gasteiger partial charge in [-0.05, 0) is 35.9 Å². The van der Waals surface area contributed by atoms with E-state index in [1.54, 1.807) is 72.8 Å². The standard InChI is InChI=1S/C24H17NO5/c26-22-14-20(19-8-4-5-9-21(19)25-22)24(28)29-15-16-10-12-17(13-11-16)23(27)30-18-6-2-1-3-7-18/h1-14H,15H2,(H,25,26). The van der Waals surface area contributed by atoms with Crippen LogP contribution in [0.1, 0.15) is 26.3 Å². The van der Waals surface area contributed by atoms with Crippen LogP contribution in [0.25, 0.3) is 10.9 Å². The fraction of sp³-hybridized carbons (Fsp3) is 0.0417. The van der Waals surface area contributed by atoms with Crippen molar-refractivity contribution in [2.45, 2.75) is 6.61 Å². The van der Waals surface area contributed by atoms with E-state index in [9.17, 15) is 14.4 Å². The van der Waals surface area contributed by atoms with Crippen LogP contribution in [-0.2, 0) is 11.3 Å². The zero-order valence-corrected chi connectivity index (χ0v) is 15.8. The lowest BCUT2D eigenvalue weighted by atomic mass is 10.1. The van der Waals surface area contributed by atoms with E-state index in [4.69, 9.17) is 9.47 Å². The second-order valence-electron chi connectivity index (χ2n) is 6.57. The molecule has 0 saturated carbocycles. The average Bonchev–Trinajstić information content (AvgIpc) is 2.78. The molecule has 0 amide bonds. The van der Waals surface area contributed by atoms with Crippen LogP contribution in [0.3, 0.4) is 0 Å². The van der Waals surface area contributed by atoms with Crippen LogP contribution in [0.2, 0.25) is 0 Å². The molecule has 0 saturated heterocycles. The number of fused-ring (bicyclic) bond motifs is 1. The van der Waals surface area contributed by atoms with Crippen molar-refractivity contribution in [3.05, 3.63) is 112 Å². The van der Waals surface area contributed by atoms with Crippen LogP contribution in [0.15, 0.2) is 89.7 Å². The maximum atomic E-state index is 12.5. The van der Waals surface area contributed by atoms with Crippen molar-refractivity contribution in [2.75, 3.05) is 0 Å². The van der Waals surface area contributed by atoms with Crippen molar-refractivity contribution in [1.82, 2.24) is 4.98 Å². The molecule has 30 heavy (non-hydrogen) atoms. The summed E-state index contributed by atoms with van der Waals surface area (Å²) in [4.78, 5) is 39.2. The van der Waals surface area contributed by atoms with Crippen LogP contribution in [0.4, 0.5) is 0 Å². The highest BCUT2D eigenvalue weighted by atomic mass is 16.5. The minimum Gasteiger partial charge on any atom is -0.457 e. The van der Waals surface area contributed by atoms with Gasteiger partial charge in [0.15, 0.2) is 0 Å². The van der Waals surface area contributed by atoms with Gasteiger partial charge in [-0.1, -0.05) is 48.5 Å². The summed E-state index contributed by atoms with van der Waals surface area (Å²) < 4.78 is 10.7. The number of hydrogen-bond donors (Lipinski definition) is 1. The monoisotopic (exact) mass is 399 g/mol. The molecular formula is C24H17NO5. The van der Waals surface area contributed by atoms with E-state index in [0.717, 1.165) is 0 Å². The fourth-order valence-electron chi connectivity index (χ4n) is 2.99. The van der Waals surface area contributed by atoms with Crippen molar-refractivity contribution < 1.29 is 19.1 Å². The smallest absolute Gasteiger partial charge is 0.343 e. The molecule has 3 aromatic carbocycles. The number of rotatable bonds is 5. The highest BCUT2D eigenvalue weighted by molar-refractivity contribution is 6.03. The van der Waals surface area contributed by atoms with Gasteiger partial charge in [0.05, 0.1) is 11.1 Å². The Kier molecular flexibility index (Phi) is 5.39. The number of H-pyrrole nitrogens is 1. The summed E-state index contributed by atoms with van der Waals surface area (Å²) in [6, 6.07) is 23.6. The van der Waals surface area contributed by atoms with Crippen LogP contribution < -0.4 is 10.3 Å². The number of aromatic amines is 1. The Morgan fingerprint density at radius 1 is 0.800 bits per heavy atom. The number of benzene rings is 3. The van der Waals surface area contributed by atoms with Crippen molar-refractivity contribution in [3.8, 4) is 5.75 Å². The van der Waals surface area contributed by atoms with Gasteiger partial charge >= 0.3 is 11.9 Å². The van der Waals surface area contributed by atoms with Crippen LogP contribution >= 0.6 is 0 Å². The summed E-state index contributed by atoms with van der Waals surface area (Å²) in [5, 5.41) is 0.612. The van der Waals surface area contributed by atoms with Gasteiger partial charge < -0.3 is 14.5 Å². The first kappa shape index (κ1) is 19.1. The van der Waals surface area contributed by atoms with Crippen molar-refractivity contribution in [2.24, 2.45) is 0 Å². The number of pyridine rings is 1. The molecule has 0 radical (unpaired) electrons. The fourth-order valence-corrected chi connectivity index (χ4v) is 2.99. The average molecular weight is 399 g/mol. The number of carbonyl (C=O) groups is 2. The molecule has 0 aliphatic heterocycles. The number of carbonyl (C=O) groups excluding carboxylic acids is 2. The first-order valence-electron chi connectivity index (χ1n) is 9.25. The Morgan fingerprint density at radius 2 is 1.50 bits per heavy atom. The molecule has 1 aromatic heterocycles. The van der Waals surface area contributed by atoms with Gasteiger partial charge in [-0.3, -0.25) is 4.79 Å². The summed E-state index contributed by atoms with van der Waals surface area (Å²) in [6.45, 7) is 0.00791. The Bertz CT molecular complexity index is 1260. The molecule has 0 bridgehead atoms. The minimum atomic E-state index is -0.593. The molecule has 0 fully saturated rings. The second-order valence-corrected chi connectivity index (χ2v) is 6.57. The highest BCUT2D eigenvalue weighted by Crippen LogP contribution is 2.17. The number of hydrogen-bond acceptors (Lipinski definition) is 5. The Morgan fingerprint density at radius 3 is 2.27 bits per heavy atom. The maximum absolute atomic E-state index is 12.5. The molecule has 0 atom stereocenters. The Hall–Kier alpha value is -4.19. The van der Waals surface area contributed by atoms with Crippen LogP contribution in [0.5, 0.6) is 5.75 Å². The lowest BCUT2D eigenvalue weighted by molar-refractivity contribution is 0.0474. The van der Waals surface area contributed by atoms with Gasteiger partial charge in [0.25, 0.3) is 0 Å². The molecule has 4 aromatic rings. The van der Waals surface area contributed by atoms with E-state index in [1.807, 2.05) is 6.07 Å². The largest absolute Gasteiger partial charge is 0.457 e. The lowest BCUT2D eigenvalue weighted by Crippen LogP contribution is -2.13. The van der Waals surface area contributed by atoms with Gasteiger partial charge in [0.2, 0.25) is 5.56 Å². The molecule has 6 heteroatoms. The van der Waals surface area contributed by atoms with Crippen LogP contribution in [0, 0.1) is 0 Å². The topological polar surface area (TPSA) is 85.5 Å². The maximum Gasteiger partial charge on any atom is 0.343 e. The molecule has 1 N–H and O–H groups in total. The van der Waals surface area contributed by atoms with E-state index in [-0.39, 0.29) is 17.7 Å². The van der Waals surface area contributed by atoms with Gasteiger partial charge in [-0.25, -0.2) is 9.59 Å². The first-order chi connectivity index (χ1) is 14.6. The number of para-hydroxylation sites is 2. The SMILES string of the molecule is O=C(Oc1ccccc1)c1ccc(COC(=O)c2cc(=O)[nH]c3ccccc23)cc1. The van der Waals surface area contributed by atoms with Crippen molar-refractivity contribution in [3.63, 3.8) is 0 Å². The molecule has 0 aliphatic rings. The van der Waals surface area contributed by atoms with Gasteiger partial charge in [0, 0.05) is 17.0 Å². The summed E-state index contributed by atoms with van der Waals surface area (Å²) in [7, 11) is 0. The predicted octanol–water partition coefficient (Wildman–Crippen LogP) is 4.10. The molecule has 4 rings (SSSR count). The van der Waals surface area contributed by atoms with Gasteiger partial charge in [0.1, 0.15) is 12.4 Å². The Balaban J connectivity index is 1.43. The van der Waals surface area contributed by atoms with E-state index in [2.05, 4.69) is 4.98 Å². The normalized spacial score (nSPS) is 10.5. The molecule has 6 nitrogen and oxygen atoms in total. The first-order valence-corrected chi connectivity index (χ1v) is 9.25. The zero-order valence-electron chi connectivity index (χ0n) is 15.8. The third-order valence-corrected chi connectivity index (χ3v) is 4.48.